The number of benzene rings is 2. The highest BCUT2D eigenvalue weighted by molar-refractivity contribution is 9.10. The van der Waals surface area contributed by atoms with Gasteiger partial charge < -0.3 is 4.84 Å². The normalized spacial score (nSPS) is 17.7. The number of oxime groups is 1. The molecular weight excluding hydrogens is 378 g/mol. The topological polar surface area (TPSA) is 55.7 Å². The van der Waals surface area contributed by atoms with E-state index in [-0.39, 0.29) is 5.75 Å². The lowest BCUT2D eigenvalue weighted by atomic mass is 10.1. The average molecular weight is 394 g/mol. The van der Waals surface area contributed by atoms with Gasteiger partial charge in [0.05, 0.1) is 16.4 Å². The lowest BCUT2D eigenvalue weighted by Gasteiger charge is -2.09. The molecule has 6 heteroatoms. The van der Waals surface area contributed by atoms with E-state index in [4.69, 9.17) is 4.84 Å². The van der Waals surface area contributed by atoms with E-state index in [9.17, 15) is 8.42 Å². The summed E-state index contributed by atoms with van der Waals surface area (Å²) < 4.78 is 25.9. The van der Waals surface area contributed by atoms with Gasteiger partial charge in [0.1, 0.15) is 6.10 Å². The minimum Gasteiger partial charge on any atom is -0.391 e. The maximum atomic E-state index is 12.5. The van der Waals surface area contributed by atoms with Crippen LogP contribution in [0.5, 0.6) is 0 Å². The zero-order valence-corrected chi connectivity index (χ0v) is 15.0. The molecule has 1 heterocycles. The van der Waals surface area contributed by atoms with Crippen molar-refractivity contribution in [3.63, 3.8) is 0 Å². The zero-order valence-electron chi connectivity index (χ0n) is 12.6. The Morgan fingerprint density at radius 1 is 1.13 bits per heavy atom. The predicted octanol–water partition coefficient (Wildman–Crippen LogP) is 3.72. The van der Waals surface area contributed by atoms with Gasteiger partial charge in [-0.3, -0.25) is 0 Å². The summed E-state index contributed by atoms with van der Waals surface area (Å²) in [4.78, 5) is 5.65. The average Bonchev–Trinajstić information content (AvgIpc) is 2.96. The van der Waals surface area contributed by atoms with Crippen LogP contribution in [0.4, 0.5) is 0 Å². The second-order valence-corrected chi connectivity index (χ2v) is 8.52. The van der Waals surface area contributed by atoms with Crippen molar-refractivity contribution in [1.29, 1.82) is 0 Å². The SMILES string of the molecule is Cc1ccc(S(=O)(=O)CC2CC(c3ccc(Br)cc3)=NO2)cc1. The Hall–Kier alpha value is -1.66. The van der Waals surface area contributed by atoms with Crippen LogP contribution in [0.25, 0.3) is 0 Å². The first-order valence-corrected chi connectivity index (χ1v) is 9.67. The Morgan fingerprint density at radius 3 is 2.43 bits per heavy atom. The zero-order chi connectivity index (χ0) is 16.4. The van der Waals surface area contributed by atoms with Gasteiger partial charge in [0, 0.05) is 10.9 Å². The van der Waals surface area contributed by atoms with Gasteiger partial charge in [0.2, 0.25) is 0 Å². The van der Waals surface area contributed by atoms with E-state index in [1.165, 1.54) is 0 Å². The first-order chi connectivity index (χ1) is 10.9. The summed E-state index contributed by atoms with van der Waals surface area (Å²) >= 11 is 3.39. The molecule has 3 rings (SSSR count). The second-order valence-electron chi connectivity index (χ2n) is 5.57. The first-order valence-electron chi connectivity index (χ1n) is 7.22. The van der Waals surface area contributed by atoms with E-state index in [1.807, 2.05) is 31.2 Å². The summed E-state index contributed by atoms with van der Waals surface area (Å²) in [5.41, 5.74) is 2.76. The predicted molar refractivity (Wildman–Crippen MR) is 93.4 cm³/mol. The number of nitrogens with zero attached hydrogens (tertiary/aromatic N) is 1. The molecule has 1 atom stereocenters. The molecule has 4 nitrogen and oxygen atoms in total. The van der Waals surface area contributed by atoms with Crippen LogP contribution < -0.4 is 0 Å². The first kappa shape index (κ1) is 16.2. The van der Waals surface area contributed by atoms with Gasteiger partial charge in [-0.25, -0.2) is 8.42 Å². The number of sulfone groups is 1. The minimum atomic E-state index is -3.38. The molecule has 23 heavy (non-hydrogen) atoms. The molecule has 0 radical (unpaired) electrons. The lowest BCUT2D eigenvalue weighted by Crippen LogP contribution is -2.21. The van der Waals surface area contributed by atoms with Crippen LogP contribution in [0.2, 0.25) is 0 Å². The van der Waals surface area contributed by atoms with E-state index in [0.29, 0.717) is 11.3 Å². The maximum Gasteiger partial charge on any atom is 0.182 e. The van der Waals surface area contributed by atoms with Gasteiger partial charge in [0.25, 0.3) is 0 Å². The number of halogens is 1. The summed E-state index contributed by atoms with van der Waals surface area (Å²) in [6.07, 6.45) is 0.0483. The fraction of sp³-hybridized carbons (Fsp3) is 0.235. The fourth-order valence-corrected chi connectivity index (χ4v) is 4.09. The van der Waals surface area contributed by atoms with E-state index in [1.54, 1.807) is 24.3 Å². The largest absolute Gasteiger partial charge is 0.391 e. The van der Waals surface area contributed by atoms with Crippen LogP contribution in [0.15, 0.2) is 63.1 Å². The van der Waals surface area contributed by atoms with Crippen molar-refractivity contribution in [1.82, 2.24) is 0 Å². The molecule has 2 aromatic rings. The quantitative estimate of drug-likeness (QED) is 0.794. The number of aryl methyl sites for hydroxylation is 1. The highest BCUT2D eigenvalue weighted by Crippen LogP contribution is 2.22. The summed E-state index contributed by atoms with van der Waals surface area (Å²) in [5, 5.41) is 4.05. The van der Waals surface area contributed by atoms with Gasteiger partial charge in [-0.05, 0) is 36.8 Å². The van der Waals surface area contributed by atoms with Crippen LogP contribution in [0.1, 0.15) is 17.5 Å². The highest BCUT2D eigenvalue weighted by atomic mass is 79.9. The Morgan fingerprint density at radius 2 is 1.78 bits per heavy atom. The molecule has 0 saturated heterocycles. The molecule has 120 valence electrons. The van der Waals surface area contributed by atoms with Crippen LogP contribution in [0, 0.1) is 6.92 Å². The molecule has 1 aliphatic heterocycles. The van der Waals surface area contributed by atoms with Crippen molar-refractivity contribution in [2.45, 2.75) is 24.3 Å². The van der Waals surface area contributed by atoms with Crippen molar-refractivity contribution in [3.05, 3.63) is 64.1 Å². The lowest BCUT2D eigenvalue weighted by molar-refractivity contribution is 0.102. The van der Waals surface area contributed by atoms with E-state index >= 15 is 0 Å². The molecule has 0 spiro atoms. The molecule has 0 N–H and O–H groups in total. The Bertz CT molecular complexity index is 827. The second kappa shape index (κ2) is 6.45. The molecule has 0 saturated carbocycles. The third kappa shape index (κ3) is 3.82. The summed E-state index contributed by atoms with van der Waals surface area (Å²) in [5.74, 6) is -0.0699. The summed E-state index contributed by atoms with van der Waals surface area (Å²) in [6.45, 7) is 1.93. The van der Waals surface area contributed by atoms with Crippen molar-refractivity contribution in [2.24, 2.45) is 5.16 Å². The van der Waals surface area contributed by atoms with Gasteiger partial charge in [-0.1, -0.05) is 50.9 Å². The number of rotatable bonds is 4. The van der Waals surface area contributed by atoms with Crippen molar-refractivity contribution in [2.75, 3.05) is 5.75 Å². The fourth-order valence-electron chi connectivity index (χ4n) is 2.42. The number of hydrogen-bond acceptors (Lipinski definition) is 4. The molecule has 0 amide bonds. The van der Waals surface area contributed by atoms with Crippen molar-refractivity contribution in [3.8, 4) is 0 Å². The van der Waals surface area contributed by atoms with Gasteiger partial charge >= 0.3 is 0 Å². The molecule has 0 aliphatic carbocycles. The summed E-state index contributed by atoms with van der Waals surface area (Å²) in [7, 11) is -3.38. The third-order valence-electron chi connectivity index (χ3n) is 3.70. The van der Waals surface area contributed by atoms with Crippen molar-refractivity contribution >= 4 is 31.5 Å². The molecule has 2 aromatic carbocycles. The third-order valence-corrected chi connectivity index (χ3v) is 6.03. The molecule has 1 aliphatic rings. The van der Waals surface area contributed by atoms with Crippen molar-refractivity contribution < 1.29 is 13.3 Å². The van der Waals surface area contributed by atoms with Gasteiger partial charge in [-0.2, -0.15) is 0 Å². The standard InChI is InChI=1S/C17H16BrNO3S/c1-12-2-8-16(9-3-12)23(20,21)11-15-10-17(19-22-15)13-4-6-14(18)7-5-13/h2-9,15H,10-11H2,1H3. The Labute approximate surface area is 144 Å². The monoisotopic (exact) mass is 393 g/mol. The van der Waals surface area contributed by atoms with E-state index < -0.39 is 15.9 Å². The summed E-state index contributed by atoms with van der Waals surface area (Å²) in [6, 6.07) is 14.6. The molecule has 0 bridgehead atoms. The maximum absolute atomic E-state index is 12.5. The number of hydrogen-bond donors (Lipinski definition) is 0. The van der Waals surface area contributed by atoms with Gasteiger partial charge in [0.15, 0.2) is 9.84 Å². The Balaban J connectivity index is 1.69. The Kier molecular flexibility index (Phi) is 4.55. The molecule has 0 aromatic heterocycles. The highest BCUT2D eigenvalue weighted by Gasteiger charge is 2.28. The van der Waals surface area contributed by atoms with E-state index in [0.717, 1.165) is 21.3 Å². The van der Waals surface area contributed by atoms with Gasteiger partial charge in [-0.15, -0.1) is 0 Å². The van der Waals surface area contributed by atoms with Crippen LogP contribution in [-0.2, 0) is 14.7 Å². The van der Waals surface area contributed by atoms with Crippen LogP contribution in [-0.4, -0.2) is 26.0 Å². The molecule has 0 fully saturated rings. The smallest absolute Gasteiger partial charge is 0.182 e. The van der Waals surface area contributed by atoms with Crippen LogP contribution >= 0.6 is 15.9 Å². The van der Waals surface area contributed by atoms with E-state index in [2.05, 4.69) is 21.1 Å². The molecular formula is C17H16BrNO3S. The molecule has 1 unspecified atom stereocenters. The van der Waals surface area contributed by atoms with Crippen LogP contribution in [0.3, 0.4) is 0 Å². The minimum absolute atomic E-state index is 0.0699.